The van der Waals surface area contributed by atoms with Crippen LogP contribution in [0.5, 0.6) is 0 Å². The first-order valence-electron chi connectivity index (χ1n) is 15.5. The minimum Gasteiger partial charge on any atom is -0.403 e. The van der Waals surface area contributed by atoms with Gasteiger partial charge in [0, 0.05) is 81.3 Å². The molecule has 0 atom stereocenters. The summed E-state index contributed by atoms with van der Waals surface area (Å²) in [7, 11) is 0. The summed E-state index contributed by atoms with van der Waals surface area (Å²) >= 11 is 0. The number of nitrogens with two attached hydrogens (primary N) is 1. The maximum Gasteiger partial charge on any atom is 0.416 e. The van der Waals surface area contributed by atoms with Gasteiger partial charge in [-0.3, -0.25) is 19.1 Å². The van der Waals surface area contributed by atoms with Crippen LogP contribution in [0.15, 0.2) is 77.8 Å². The molecule has 0 aliphatic carbocycles. The highest BCUT2D eigenvalue weighted by Crippen LogP contribution is 2.34. The molecule has 1 aliphatic rings. The molecule has 6 N–H and O–H groups in total. The van der Waals surface area contributed by atoms with Gasteiger partial charge in [0.05, 0.1) is 23.1 Å². The van der Waals surface area contributed by atoms with E-state index >= 15 is 0 Å². The van der Waals surface area contributed by atoms with Gasteiger partial charge in [0.15, 0.2) is 5.65 Å². The molecule has 2 aromatic heterocycles. The van der Waals surface area contributed by atoms with E-state index in [1.165, 1.54) is 18.3 Å². The maximum absolute atomic E-state index is 14.0. The third-order valence-corrected chi connectivity index (χ3v) is 7.77. The zero-order valence-electron chi connectivity index (χ0n) is 26.4. The SMILES string of the molecule is Cc1ccc(C(=O)Nc2ccc(CN3CCNCC3)c(C(F)(F)F)c2)cc1C#Cc1cnc2c(NC(C=NCCCO)=CN)cccn12. The minimum absolute atomic E-state index is 0.0545. The number of imidazole rings is 1. The largest absolute Gasteiger partial charge is 0.416 e. The Bertz CT molecular complexity index is 1880. The number of aliphatic imine (C=N–C) groups is 1. The van der Waals surface area contributed by atoms with Crippen LogP contribution in [0.4, 0.5) is 24.5 Å². The van der Waals surface area contributed by atoms with Gasteiger partial charge in [0.2, 0.25) is 0 Å². The van der Waals surface area contributed by atoms with Crippen molar-refractivity contribution in [1.82, 2.24) is 19.6 Å². The van der Waals surface area contributed by atoms with Gasteiger partial charge in [-0.2, -0.15) is 13.2 Å². The predicted molar refractivity (Wildman–Crippen MR) is 181 cm³/mol. The van der Waals surface area contributed by atoms with Crippen LogP contribution in [0.1, 0.15) is 44.7 Å². The fourth-order valence-corrected chi connectivity index (χ4v) is 5.20. The third kappa shape index (κ3) is 8.60. The fourth-order valence-electron chi connectivity index (χ4n) is 5.20. The Kier molecular flexibility index (Phi) is 11.1. The number of aromatic nitrogens is 2. The highest BCUT2D eigenvalue weighted by atomic mass is 19.4. The number of pyridine rings is 1. The van der Waals surface area contributed by atoms with Crippen molar-refractivity contribution >= 4 is 29.1 Å². The molecule has 0 spiro atoms. The lowest BCUT2D eigenvalue weighted by Gasteiger charge is -2.28. The van der Waals surface area contributed by atoms with E-state index in [0.29, 0.717) is 54.3 Å². The van der Waals surface area contributed by atoms with Crippen molar-refractivity contribution in [2.45, 2.75) is 26.1 Å². The number of fused-ring (bicyclic) bond motifs is 1. The predicted octanol–water partition coefficient (Wildman–Crippen LogP) is 4.38. The number of nitrogens with zero attached hydrogens (tertiary/aromatic N) is 4. The van der Waals surface area contributed by atoms with E-state index < -0.39 is 17.6 Å². The van der Waals surface area contributed by atoms with Crippen molar-refractivity contribution in [2.24, 2.45) is 10.7 Å². The summed E-state index contributed by atoms with van der Waals surface area (Å²) in [5, 5.41) is 18.0. The van der Waals surface area contributed by atoms with Gasteiger partial charge in [0.1, 0.15) is 5.69 Å². The number of piperazine rings is 1. The van der Waals surface area contributed by atoms with Crippen molar-refractivity contribution in [1.29, 1.82) is 0 Å². The summed E-state index contributed by atoms with van der Waals surface area (Å²) in [5.74, 6) is 5.68. The zero-order chi connectivity index (χ0) is 34.1. The van der Waals surface area contributed by atoms with Crippen molar-refractivity contribution in [3.63, 3.8) is 0 Å². The highest BCUT2D eigenvalue weighted by Gasteiger charge is 2.34. The summed E-state index contributed by atoms with van der Waals surface area (Å²) < 4.78 is 43.8. The first-order chi connectivity index (χ1) is 23.2. The smallest absolute Gasteiger partial charge is 0.403 e. The van der Waals surface area contributed by atoms with E-state index in [4.69, 9.17) is 10.8 Å². The van der Waals surface area contributed by atoms with E-state index in [9.17, 15) is 18.0 Å². The van der Waals surface area contributed by atoms with Gasteiger partial charge in [-0.15, -0.1) is 0 Å². The fraction of sp³-hybridized carbons (Fsp3) is 0.286. The van der Waals surface area contributed by atoms with E-state index in [1.807, 2.05) is 34.6 Å². The number of aliphatic hydroxyl groups is 1. The second-order valence-corrected chi connectivity index (χ2v) is 11.2. The second-order valence-electron chi connectivity index (χ2n) is 11.2. The summed E-state index contributed by atoms with van der Waals surface area (Å²) in [6, 6.07) is 12.6. The quantitative estimate of drug-likeness (QED) is 0.0971. The average molecular weight is 659 g/mol. The standard InChI is InChI=1S/C35H37F3N8O2/c1-24-5-6-26(34(48)44-28-9-7-27(31(19-28)35(36,37)38)23-45-15-12-40-13-16-45)18-25(24)8-10-30-22-42-33-32(4-2-14-46(30)33)43-29(20-39)21-41-11-3-17-47/h2,4-7,9,14,18-22,40,43,47H,3,11-13,15-17,23,39H2,1H3,(H,44,48). The number of alkyl halides is 3. The number of amides is 1. The number of nitrogens with one attached hydrogen (secondary N) is 3. The Hall–Kier alpha value is -5.16. The molecule has 1 fully saturated rings. The Morgan fingerprint density at radius 1 is 1.15 bits per heavy atom. The Balaban J connectivity index is 1.33. The number of aliphatic hydroxyl groups excluding tert-OH is 1. The van der Waals surface area contributed by atoms with Gasteiger partial charge >= 0.3 is 6.18 Å². The topological polar surface area (TPSA) is 132 Å². The molecule has 5 rings (SSSR count). The van der Waals surface area contributed by atoms with Crippen molar-refractivity contribution < 1.29 is 23.1 Å². The molecule has 250 valence electrons. The number of benzene rings is 2. The Labute approximate surface area is 276 Å². The second kappa shape index (κ2) is 15.6. The molecule has 1 saturated heterocycles. The molecule has 13 heteroatoms. The highest BCUT2D eigenvalue weighted by molar-refractivity contribution is 6.04. The van der Waals surface area contributed by atoms with Crippen LogP contribution in [-0.4, -0.2) is 70.8 Å². The summed E-state index contributed by atoms with van der Waals surface area (Å²) in [6.45, 7) is 5.36. The normalized spacial score (nSPS) is 14.2. The number of aryl methyl sites for hydroxylation is 1. The number of carbonyl (C=O) groups is 1. The Morgan fingerprint density at radius 2 is 1.96 bits per heavy atom. The number of hydrogen-bond acceptors (Lipinski definition) is 8. The van der Waals surface area contributed by atoms with Crippen LogP contribution in [0.25, 0.3) is 5.65 Å². The molecule has 0 radical (unpaired) electrons. The van der Waals surface area contributed by atoms with Crippen molar-refractivity contribution in [3.8, 4) is 11.8 Å². The number of allylic oxidation sites excluding steroid dienone is 1. The molecular formula is C35H37F3N8O2. The number of rotatable bonds is 10. The van der Waals surface area contributed by atoms with Crippen LogP contribution in [0.3, 0.4) is 0 Å². The number of anilines is 2. The summed E-state index contributed by atoms with van der Waals surface area (Å²) in [5.41, 5.74) is 9.33. The first-order valence-corrected chi connectivity index (χ1v) is 15.5. The number of hydrogen-bond donors (Lipinski definition) is 5. The van der Waals surface area contributed by atoms with Crippen molar-refractivity contribution in [2.75, 3.05) is 50.0 Å². The molecular weight excluding hydrogens is 621 g/mol. The van der Waals surface area contributed by atoms with E-state index in [0.717, 1.165) is 24.7 Å². The van der Waals surface area contributed by atoms with Crippen LogP contribution >= 0.6 is 0 Å². The van der Waals surface area contributed by atoms with Gasteiger partial charge < -0.3 is 26.8 Å². The van der Waals surface area contributed by atoms with E-state index in [-0.39, 0.29) is 30.0 Å². The molecule has 0 bridgehead atoms. The lowest BCUT2D eigenvalue weighted by atomic mass is 10.0. The molecule has 2 aromatic carbocycles. The molecule has 4 aromatic rings. The molecule has 3 heterocycles. The molecule has 0 unspecified atom stereocenters. The summed E-state index contributed by atoms with van der Waals surface area (Å²) in [6.07, 6.45) is 2.41. The minimum atomic E-state index is -4.57. The van der Waals surface area contributed by atoms with E-state index in [1.54, 1.807) is 30.6 Å². The lowest BCUT2D eigenvalue weighted by molar-refractivity contribution is -0.138. The van der Waals surface area contributed by atoms with Crippen LogP contribution in [0, 0.1) is 18.8 Å². The van der Waals surface area contributed by atoms with Gasteiger partial charge in [-0.05, 0) is 66.8 Å². The van der Waals surface area contributed by atoms with E-state index in [2.05, 4.69) is 37.8 Å². The number of carbonyl (C=O) groups excluding carboxylic acids is 1. The number of halogens is 3. The van der Waals surface area contributed by atoms with Gasteiger partial charge in [-0.25, -0.2) is 4.98 Å². The van der Waals surface area contributed by atoms with Gasteiger partial charge in [0.25, 0.3) is 5.91 Å². The third-order valence-electron chi connectivity index (χ3n) is 7.77. The molecule has 1 amide bonds. The van der Waals surface area contributed by atoms with Crippen LogP contribution < -0.4 is 21.7 Å². The van der Waals surface area contributed by atoms with Crippen LogP contribution in [-0.2, 0) is 12.7 Å². The van der Waals surface area contributed by atoms with Crippen molar-refractivity contribution in [3.05, 3.63) is 106 Å². The zero-order valence-corrected chi connectivity index (χ0v) is 26.4. The first kappa shape index (κ1) is 34.2. The monoisotopic (exact) mass is 658 g/mol. The molecule has 0 saturated carbocycles. The summed E-state index contributed by atoms with van der Waals surface area (Å²) in [4.78, 5) is 23.9. The molecule has 1 aliphatic heterocycles. The van der Waals surface area contributed by atoms with Crippen LogP contribution in [0.2, 0.25) is 0 Å². The average Bonchev–Trinajstić information content (AvgIpc) is 3.50. The molecule has 10 nitrogen and oxygen atoms in total. The lowest BCUT2D eigenvalue weighted by Crippen LogP contribution is -2.43. The van der Waals surface area contributed by atoms with Gasteiger partial charge in [-0.1, -0.05) is 18.1 Å². The Morgan fingerprint density at radius 3 is 2.71 bits per heavy atom. The molecule has 48 heavy (non-hydrogen) atoms. The maximum atomic E-state index is 14.0.